The zero-order valence-corrected chi connectivity index (χ0v) is 7.83. The summed E-state index contributed by atoms with van der Waals surface area (Å²) in [7, 11) is -2.91. The van der Waals surface area contributed by atoms with Gasteiger partial charge in [-0.25, -0.2) is 4.79 Å². The highest BCUT2D eigenvalue weighted by Gasteiger charge is 2.66. The fraction of sp³-hybridized carbons (Fsp3) is 0.833. The van der Waals surface area contributed by atoms with E-state index in [1.165, 1.54) is 0 Å². The summed E-state index contributed by atoms with van der Waals surface area (Å²) in [4.78, 5) is 11.0. The molecule has 3 rings (SSSR count). The van der Waals surface area contributed by atoms with E-state index in [-0.39, 0.29) is 26.4 Å². The minimum atomic E-state index is -2.91. The van der Waals surface area contributed by atoms with Gasteiger partial charge in [-0.1, -0.05) is 0 Å². The first kappa shape index (κ1) is 9.30. The molecule has 3 N–H and O–H groups in total. The molecular weight excluding hydrogens is 197 g/mol. The van der Waals surface area contributed by atoms with Gasteiger partial charge < -0.3 is 10.8 Å². The van der Waals surface area contributed by atoms with Gasteiger partial charge in [0.1, 0.15) is 19.8 Å². The molecule has 3 aliphatic heterocycles. The van der Waals surface area contributed by atoms with Crippen molar-refractivity contribution in [1.29, 1.82) is 0 Å². The van der Waals surface area contributed by atoms with Gasteiger partial charge in [0.25, 0.3) is 0 Å². The molecule has 0 saturated carbocycles. The Morgan fingerprint density at radius 3 is 2.15 bits per heavy atom. The van der Waals surface area contributed by atoms with E-state index in [0.29, 0.717) is 0 Å². The number of aliphatic hydroxyl groups excluding tert-OH is 1. The maximum absolute atomic E-state index is 11.0. The molecule has 6 nitrogen and oxygen atoms in total. The molecule has 2 bridgehead atoms. The van der Waals surface area contributed by atoms with Crippen molar-refractivity contribution in [2.24, 2.45) is 11.1 Å². The molecule has 3 fully saturated rings. The van der Waals surface area contributed by atoms with Gasteiger partial charge in [0.05, 0.1) is 12.0 Å². The van der Waals surface area contributed by atoms with Crippen LogP contribution in [0, 0.1) is 5.41 Å². The van der Waals surface area contributed by atoms with Crippen molar-refractivity contribution < 1.29 is 23.5 Å². The normalized spacial score (nSPS) is 43.5. The average Bonchev–Trinajstić information content (AvgIpc) is 2.20. The highest BCUT2D eigenvalue weighted by molar-refractivity contribution is 7.78. The lowest BCUT2D eigenvalue weighted by Crippen LogP contribution is -2.50. The molecule has 0 spiro atoms. The zero-order chi connectivity index (χ0) is 9.53. The third-order valence-corrected chi connectivity index (χ3v) is 4.17. The summed E-state index contributed by atoms with van der Waals surface area (Å²) < 4.78 is 15.5. The van der Waals surface area contributed by atoms with Crippen LogP contribution in [0.3, 0.4) is 0 Å². The third-order valence-electron chi connectivity index (χ3n) is 2.23. The number of fused-ring (bicyclic) bond motifs is 3. The molecule has 0 aromatic rings. The van der Waals surface area contributed by atoms with Crippen LogP contribution in [0.2, 0.25) is 0 Å². The number of amides is 1. The maximum atomic E-state index is 11.0. The number of aliphatic hydroxyl groups is 1. The van der Waals surface area contributed by atoms with Gasteiger partial charge in [0.2, 0.25) is 0 Å². The fourth-order valence-corrected chi connectivity index (χ4v) is 3.17. The smallest absolute Gasteiger partial charge is 0.396 e. The lowest BCUT2D eigenvalue weighted by atomic mass is 9.93. The molecule has 1 amide bonds. The largest absolute Gasteiger partial charge is 0.510 e. The van der Waals surface area contributed by atoms with Crippen LogP contribution < -0.4 is 5.73 Å². The van der Waals surface area contributed by atoms with Crippen LogP contribution in [0.15, 0.2) is 0 Å². The van der Waals surface area contributed by atoms with Crippen LogP contribution in [-0.2, 0) is 13.6 Å². The van der Waals surface area contributed by atoms with Crippen molar-refractivity contribution in [3.63, 3.8) is 0 Å². The fourth-order valence-electron chi connectivity index (χ4n) is 1.23. The Labute approximate surface area is 75.5 Å². The standard InChI is InChI=1S/C6H10NO5P/c7-5(9)13-10-2-6(1-8,3-11-13)4-12-13/h8H,1-4H2,(H-,7,9)/p+1. The quantitative estimate of drug-likeness (QED) is 0.617. The highest BCUT2D eigenvalue weighted by Crippen LogP contribution is 2.69. The van der Waals surface area contributed by atoms with E-state index in [9.17, 15) is 4.79 Å². The molecule has 0 aromatic carbocycles. The van der Waals surface area contributed by atoms with Crippen molar-refractivity contribution in [1.82, 2.24) is 0 Å². The number of primary amides is 1. The van der Waals surface area contributed by atoms with Gasteiger partial charge >= 0.3 is 13.6 Å². The first-order chi connectivity index (χ1) is 6.13. The number of carbonyl (C=O) groups is 1. The van der Waals surface area contributed by atoms with E-state index in [2.05, 4.69) is 0 Å². The van der Waals surface area contributed by atoms with Crippen molar-refractivity contribution >= 4 is 13.6 Å². The second-order valence-corrected chi connectivity index (χ2v) is 5.52. The van der Waals surface area contributed by atoms with Gasteiger partial charge in [0.15, 0.2) is 0 Å². The highest BCUT2D eigenvalue weighted by atomic mass is 31.2. The van der Waals surface area contributed by atoms with Gasteiger partial charge in [-0.2, -0.15) is 13.6 Å². The van der Waals surface area contributed by atoms with Gasteiger partial charge in [0, 0.05) is 0 Å². The van der Waals surface area contributed by atoms with Crippen LogP contribution in [-0.4, -0.2) is 37.2 Å². The minimum Gasteiger partial charge on any atom is -0.396 e. The molecular formula is C6H11NO5P+. The van der Waals surface area contributed by atoms with Gasteiger partial charge in [-0.05, 0) is 0 Å². The number of hydrogen-bond donors (Lipinski definition) is 2. The van der Waals surface area contributed by atoms with Crippen molar-refractivity contribution in [2.75, 3.05) is 26.4 Å². The summed E-state index contributed by atoms with van der Waals surface area (Å²) in [6.07, 6.45) is 0. The Hall–Kier alpha value is -0.260. The van der Waals surface area contributed by atoms with Crippen molar-refractivity contribution in [2.45, 2.75) is 0 Å². The minimum absolute atomic E-state index is 0.0776. The predicted octanol–water partition coefficient (Wildman–Crippen LogP) is -0.117. The third kappa shape index (κ3) is 1.26. The molecule has 3 heterocycles. The molecule has 7 heteroatoms. The summed E-state index contributed by atoms with van der Waals surface area (Å²) in [6, 6.07) is 0. The summed E-state index contributed by atoms with van der Waals surface area (Å²) >= 11 is 0. The van der Waals surface area contributed by atoms with Gasteiger partial charge in [-0.15, -0.1) is 0 Å². The summed E-state index contributed by atoms with van der Waals surface area (Å²) in [5, 5.41) is 9.04. The summed E-state index contributed by atoms with van der Waals surface area (Å²) in [5.74, 6) is 0. The number of carbonyl (C=O) groups excluding carboxylic acids is 1. The topological polar surface area (TPSA) is 91.0 Å². The second kappa shape index (κ2) is 2.87. The lowest BCUT2D eigenvalue weighted by Gasteiger charge is -2.40. The Morgan fingerprint density at radius 1 is 1.38 bits per heavy atom. The first-order valence-corrected chi connectivity index (χ1v) is 5.40. The van der Waals surface area contributed by atoms with Gasteiger partial charge in [-0.3, -0.25) is 0 Å². The molecule has 74 valence electrons. The van der Waals surface area contributed by atoms with Crippen LogP contribution >= 0.6 is 7.94 Å². The number of rotatable bonds is 2. The van der Waals surface area contributed by atoms with E-state index in [1.807, 2.05) is 0 Å². The Bertz CT molecular complexity index is 221. The Morgan fingerprint density at radius 2 is 1.85 bits per heavy atom. The van der Waals surface area contributed by atoms with E-state index in [0.717, 1.165) is 0 Å². The van der Waals surface area contributed by atoms with E-state index in [1.54, 1.807) is 0 Å². The molecule has 0 atom stereocenters. The summed E-state index contributed by atoms with van der Waals surface area (Å²) in [5.41, 5.74) is 3.91. The second-order valence-electron chi connectivity index (χ2n) is 3.31. The van der Waals surface area contributed by atoms with Crippen molar-refractivity contribution in [3.05, 3.63) is 0 Å². The SMILES string of the molecule is NC(=O)[P+]12OCC(CO)(CO1)CO2. The average molecular weight is 208 g/mol. The maximum Gasteiger partial charge on any atom is 0.510 e. The molecule has 3 saturated heterocycles. The molecule has 0 unspecified atom stereocenters. The molecule has 0 aliphatic carbocycles. The monoisotopic (exact) mass is 208 g/mol. The first-order valence-electron chi connectivity index (χ1n) is 3.86. The zero-order valence-electron chi connectivity index (χ0n) is 6.93. The molecule has 0 radical (unpaired) electrons. The Balaban J connectivity index is 2.16. The van der Waals surface area contributed by atoms with Crippen LogP contribution in [0.25, 0.3) is 0 Å². The molecule has 13 heavy (non-hydrogen) atoms. The molecule has 3 aliphatic rings. The van der Waals surface area contributed by atoms with Crippen LogP contribution in [0.5, 0.6) is 0 Å². The van der Waals surface area contributed by atoms with Crippen LogP contribution in [0.4, 0.5) is 4.79 Å². The number of nitrogens with two attached hydrogens (primary N) is 1. The Kier molecular flexibility index (Phi) is 2.05. The van der Waals surface area contributed by atoms with Crippen molar-refractivity contribution in [3.8, 4) is 0 Å². The van der Waals surface area contributed by atoms with Crippen LogP contribution in [0.1, 0.15) is 0 Å². The summed E-state index contributed by atoms with van der Waals surface area (Å²) in [6.45, 7) is 0.756. The van der Waals surface area contributed by atoms with E-state index in [4.69, 9.17) is 24.4 Å². The number of hydrogen-bond acceptors (Lipinski definition) is 5. The molecule has 0 aromatic heterocycles. The van der Waals surface area contributed by atoms with E-state index >= 15 is 0 Å². The predicted molar refractivity (Wildman–Crippen MR) is 43.9 cm³/mol. The van der Waals surface area contributed by atoms with E-state index < -0.39 is 19.0 Å². The lowest BCUT2D eigenvalue weighted by molar-refractivity contribution is -0.104.